The van der Waals surface area contributed by atoms with Crippen LogP contribution < -0.4 is 10.1 Å². The SMILES string of the molecule is COc1ccccc1C1CN(C(=O)c2ccc(C)c(NCc3cccnc3)c2)CCN1C(C)=O. The Labute approximate surface area is 200 Å². The molecule has 34 heavy (non-hydrogen) atoms. The molecule has 2 heterocycles. The van der Waals surface area contributed by atoms with E-state index in [1.165, 1.54) is 0 Å². The Morgan fingerprint density at radius 1 is 1.12 bits per heavy atom. The Morgan fingerprint density at radius 3 is 2.68 bits per heavy atom. The maximum absolute atomic E-state index is 13.5. The Balaban J connectivity index is 1.55. The van der Waals surface area contributed by atoms with E-state index in [4.69, 9.17) is 4.74 Å². The molecule has 176 valence electrons. The van der Waals surface area contributed by atoms with E-state index in [-0.39, 0.29) is 17.9 Å². The molecule has 0 spiro atoms. The summed E-state index contributed by atoms with van der Waals surface area (Å²) in [5.74, 6) is 0.651. The lowest BCUT2D eigenvalue weighted by atomic mass is 10.00. The lowest BCUT2D eigenvalue weighted by Crippen LogP contribution is -2.51. The van der Waals surface area contributed by atoms with Crippen molar-refractivity contribution in [2.24, 2.45) is 0 Å². The van der Waals surface area contributed by atoms with Gasteiger partial charge in [-0.1, -0.05) is 30.3 Å². The van der Waals surface area contributed by atoms with E-state index in [0.717, 1.165) is 22.4 Å². The van der Waals surface area contributed by atoms with Gasteiger partial charge < -0.3 is 19.9 Å². The van der Waals surface area contributed by atoms with Crippen LogP contribution in [-0.2, 0) is 11.3 Å². The van der Waals surface area contributed by atoms with Crippen molar-refractivity contribution in [3.63, 3.8) is 0 Å². The monoisotopic (exact) mass is 458 g/mol. The highest BCUT2D eigenvalue weighted by Crippen LogP contribution is 2.33. The molecule has 0 radical (unpaired) electrons. The molecule has 1 unspecified atom stereocenters. The summed E-state index contributed by atoms with van der Waals surface area (Å²) in [6.45, 7) is 5.58. The number of aromatic nitrogens is 1. The number of methoxy groups -OCH3 is 1. The van der Waals surface area contributed by atoms with Crippen molar-refractivity contribution < 1.29 is 14.3 Å². The summed E-state index contributed by atoms with van der Waals surface area (Å²) in [4.78, 5) is 33.7. The number of hydrogen-bond acceptors (Lipinski definition) is 5. The number of anilines is 1. The molecule has 1 atom stereocenters. The minimum Gasteiger partial charge on any atom is -0.496 e. The number of nitrogens with one attached hydrogen (secondary N) is 1. The third kappa shape index (κ3) is 5.03. The molecular weight excluding hydrogens is 428 g/mol. The molecule has 0 aliphatic carbocycles. The summed E-state index contributed by atoms with van der Waals surface area (Å²) in [6.07, 6.45) is 3.57. The van der Waals surface area contributed by atoms with Crippen LogP contribution >= 0.6 is 0 Å². The summed E-state index contributed by atoms with van der Waals surface area (Å²) < 4.78 is 5.55. The lowest BCUT2D eigenvalue weighted by Gasteiger charge is -2.41. The minimum absolute atomic E-state index is 0.0137. The van der Waals surface area contributed by atoms with Gasteiger partial charge in [0.1, 0.15) is 5.75 Å². The minimum atomic E-state index is -0.264. The number of benzene rings is 2. The fourth-order valence-electron chi connectivity index (χ4n) is 4.38. The number of ether oxygens (including phenoxy) is 1. The smallest absolute Gasteiger partial charge is 0.254 e. The number of rotatable bonds is 6. The Morgan fingerprint density at radius 2 is 1.94 bits per heavy atom. The van der Waals surface area contributed by atoms with E-state index in [1.807, 2.05) is 77.5 Å². The second-order valence-corrected chi connectivity index (χ2v) is 8.47. The van der Waals surface area contributed by atoms with Crippen LogP contribution in [0.4, 0.5) is 5.69 Å². The molecule has 7 heteroatoms. The van der Waals surface area contributed by atoms with Crippen LogP contribution in [0.2, 0.25) is 0 Å². The van der Waals surface area contributed by atoms with Crippen molar-refractivity contribution in [2.75, 3.05) is 32.1 Å². The largest absolute Gasteiger partial charge is 0.496 e. The highest BCUT2D eigenvalue weighted by atomic mass is 16.5. The normalized spacial score (nSPS) is 15.7. The van der Waals surface area contributed by atoms with Crippen molar-refractivity contribution in [3.8, 4) is 5.75 Å². The molecule has 2 amide bonds. The number of carbonyl (C=O) groups is 2. The van der Waals surface area contributed by atoms with Crippen molar-refractivity contribution in [1.29, 1.82) is 0 Å². The van der Waals surface area contributed by atoms with Crippen LogP contribution in [0.1, 0.15) is 40.0 Å². The summed E-state index contributed by atoms with van der Waals surface area (Å²) in [5.41, 5.74) is 4.57. The highest BCUT2D eigenvalue weighted by molar-refractivity contribution is 5.95. The predicted molar refractivity (Wildman–Crippen MR) is 132 cm³/mol. The Hall–Kier alpha value is -3.87. The number of amides is 2. The zero-order chi connectivity index (χ0) is 24.1. The molecule has 1 N–H and O–H groups in total. The number of aryl methyl sites for hydroxylation is 1. The van der Waals surface area contributed by atoms with Crippen molar-refractivity contribution >= 4 is 17.5 Å². The molecule has 7 nitrogen and oxygen atoms in total. The fraction of sp³-hybridized carbons (Fsp3) is 0.296. The lowest BCUT2D eigenvalue weighted by molar-refractivity contribution is -0.133. The molecule has 0 bridgehead atoms. The first-order chi connectivity index (χ1) is 16.5. The standard InChI is InChI=1S/C27H30N4O3/c1-19-10-11-22(15-24(19)29-17-21-7-6-12-28-16-21)27(33)30-13-14-31(20(2)32)25(18-30)23-8-4-5-9-26(23)34-3/h4-12,15-16,25,29H,13-14,17-18H2,1-3H3. The average molecular weight is 459 g/mol. The molecule has 1 fully saturated rings. The number of pyridine rings is 1. The summed E-state index contributed by atoms with van der Waals surface area (Å²) >= 11 is 0. The van der Waals surface area contributed by atoms with Gasteiger partial charge in [0.2, 0.25) is 5.91 Å². The molecular formula is C27H30N4O3. The first-order valence-corrected chi connectivity index (χ1v) is 11.4. The maximum atomic E-state index is 13.5. The van der Waals surface area contributed by atoms with Crippen LogP contribution in [0.5, 0.6) is 5.75 Å². The molecule has 3 aromatic rings. The Bertz CT molecular complexity index is 1170. The third-order valence-corrected chi connectivity index (χ3v) is 6.26. The average Bonchev–Trinajstić information content (AvgIpc) is 2.88. The first kappa shape index (κ1) is 23.3. The van der Waals surface area contributed by atoms with E-state index in [1.54, 1.807) is 20.2 Å². The van der Waals surface area contributed by atoms with Gasteiger partial charge in [-0.2, -0.15) is 0 Å². The molecule has 1 aliphatic rings. The third-order valence-electron chi connectivity index (χ3n) is 6.26. The van der Waals surface area contributed by atoms with Gasteiger partial charge in [-0.25, -0.2) is 0 Å². The number of carbonyl (C=O) groups excluding carboxylic acids is 2. The molecule has 1 saturated heterocycles. The molecule has 4 rings (SSSR count). The molecule has 1 aromatic heterocycles. The quantitative estimate of drug-likeness (QED) is 0.603. The fourth-order valence-corrected chi connectivity index (χ4v) is 4.38. The predicted octanol–water partition coefficient (Wildman–Crippen LogP) is 4.06. The van der Waals surface area contributed by atoms with Gasteiger partial charge in [-0.15, -0.1) is 0 Å². The van der Waals surface area contributed by atoms with Crippen molar-refractivity contribution in [1.82, 2.24) is 14.8 Å². The van der Waals surface area contributed by atoms with Crippen molar-refractivity contribution in [2.45, 2.75) is 26.4 Å². The van der Waals surface area contributed by atoms with Crippen LogP contribution in [0.15, 0.2) is 67.0 Å². The number of nitrogens with zero attached hydrogens (tertiary/aromatic N) is 3. The molecule has 2 aromatic carbocycles. The van der Waals surface area contributed by atoms with Gasteiger partial charge in [0, 0.05) is 62.3 Å². The number of piperazine rings is 1. The maximum Gasteiger partial charge on any atom is 0.254 e. The van der Waals surface area contributed by atoms with Gasteiger partial charge in [-0.3, -0.25) is 14.6 Å². The van der Waals surface area contributed by atoms with Gasteiger partial charge in [0.25, 0.3) is 5.91 Å². The number of hydrogen-bond donors (Lipinski definition) is 1. The van der Waals surface area contributed by atoms with Crippen molar-refractivity contribution in [3.05, 3.63) is 89.2 Å². The zero-order valence-corrected chi connectivity index (χ0v) is 19.8. The second-order valence-electron chi connectivity index (χ2n) is 8.47. The summed E-state index contributed by atoms with van der Waals surface area (Å²) in [7, 11) is 1.62. The van der Waals surface area contributed by atoms with E-state index < -0.39 is 0 Å². The van der Waals surface area contributed by atoms with Crippen LogP contribution in [0.25, 0.3) is 0 Å². The van der Waals surface area contributed by atoms with Gasteiger partial charge in [-0.05, 0) is 42.3 Å². The second kappa shape index (κ2) is 10.4. The Kier molecular flexibility index (Phi) is 7.11. The van der Waals surface area contributed by atoms with E-state index >= 15 is 0 Å². The zero-order valence-electron chi connectivity index (χ0n) is 19.8. The molecule has 1 aliphatic heterocycles. The summed E-state index contributed by atoms with van der Waals surface area (Å²) in [6, 6.07) is 17.1. The highest BCUT2D eigenvalue weighted by Gasteiger charge is 2.34. The van der Waals surface area contributed by atoms with Crippen LogP contribution in [-0.4, -0.2) is 53.3 Å². The van der Waals surface area contributed by atoms with E-state index in [0.29, 0.717) is 37.5 Å². The van der Waals surface area contributed by atoms with E-state index in [2.05, 4.69) is 10.3 Å². The molecule has 0 saturated carbocycles. The van der Waals surface area contributed by atoms with Gasteiger partial charge in [0.15, 0.2) is 0 Å². The van der Waals surface area contributed by atoms with Gasteiger partial charge in [0.05, 0.1) is 13.2 Å². The van der Waals surface area contributed by atoms with Crippen LogP contribution in [0.3, 0.4) is 0 Å². The van der Waals surface area contributed by atoms with E-state index in [9.17, 15) is 9.59 Å². The number of para-hydroxylation sites is 1. The first-order valence-electron chi connectivity index (χ1n) is 11.4. The summed E-state index contributed by atoms with van der Waals surface area (Å²) in [5, 5.41) is 3.42. The van der Waals surface area contributed by atoms with Crippen LogP contribution in [0, 0.1) is 6.92 Å². The van der Waals surface area contributed by atoms with Gasteiger partial charge >= 0.3 is 0 Å². The topological polar surface area (TPSA) is 74.8 Å².